The summed E-state index contributed by atoms with van der Waals surface area (Å²) in [4.78, 5) is 24.0. The van der Waals surface area contributed by atoms with Gasteiger partial charge in [-0.1, -0.05) is 36.4 Å². The molecule has 2 amide bonds. The summed E-state index contributed by atoms with van der Waals surface area (Å²) in [5.41, 5.74) is 8.89. The molecule has 132 valence electrons. The van der Waals surface area contributed by atoms with Crippen molar-refractivity contribution in [1.29, 1.82) is 0 Å². The first-order valence-electron chi connectivity index (χ1n) is 8.53. The molecule has 5 heteroatoms. The topological polar surface area (TPSA) is 84.2 Å². The van der Waals surface area contributed by atoms with Crippen molar-refractivity contribution in [3.63, 3.8) is 0 Å². The van der Waals surface area contributed by atoms with Crippen molar-refractivity contribution in [2.75, 3.05) is 17.2 Å². The third-order valence-electron chi connectivity index (χ3n) is 3.89. The lowest BCUT2D eigenvalue weighted by molar-refractivity contribution is -0.117. The second-order valence-electron chi connectivity index (χ2n) is 6.00. The van der Waals surface area contributed by atoms with Gasteiger partial charge < -0.3 is 16.4 Å². The van der Waals surface area contributed by atoms with E-state index < -0.39 is 0 Å². The molecular weight excluding hydrogens is 314 g/mol. The van der Waals surface area contributed by atoms with Gasteiger partial charge in [-0.15, -0.1) is 0 Å². The van der Waals surface area contributed by atoms with Crippen molar-refractivity contribution in [3.8, 4) is 0 Å². The quantitative estimate of drug-likeness (QED) is 0.690. The summed E-state index contributed by atoms with van der Waals surface area (Å²) in [6, 6.07) is 15.4. The van der Waals surface area contributed by atoms with Crippen LogP contribution in [0, 0.1) is 6.92 Å². The highest BCUT2D eigenvalue weighted by Gasteiger charge is 2.08. The molecule has 2 rings (SSSR count). The number of carbonyl (C=O) groups excluding carboxylic acids is 2. The normalized spacial score (nSPS) is 10.3. The minimum Gasteiger partial charge on any atom is -0.330 e. The maximum absolute atomic E-state index is 12.1. The van der Waals surface area contributed by atoms with E-state index in [1.165, 1.54) is 0 Å². The van der Waals surface area contributed by atoms with Gasteiger partial charge in [0.25, 0.3) is 0 Å². The zero-order valence-corrected chi connectivity index (χ0v) is 14.5. The maximum atomic E-state index is 12.1. The fraction of sp³-hybridized carbons (Fsp3) is 0.300. The maximum Gasteiger partial charge on any atom is 0.224 e. The van der Waals surface area contributed by atoms with Crippen LogP contribution in [-0.2, 0) is 16.0 Å². The van der Waals surface area contributed by atoms with Gasteiger partial charge in [-0.05, 0) is 49.6 Å². The molecule has 0 bridgehead atoms. The predicted molar refractivity (Wildman–Crippen MR) is 101 cm³/mol. The van der Waals surface area contributed by atoms with Crippen molar-refractivity contribution >= 4 is 23.2 Å². The SMILES string of the molecule is Cc1ccc(NC(=O)CCc2ccccc2)cc1NC(=O)CCCN. The number of hydrogen-bond donors (Lipinski definition) is 3. The van der Waals surface area contributed by atoms with Gasteiger partial charge in [0.1, 0.15) is 0 Å². The van der Waals surface area contributed by atoms with E-state index in [1.807, 2.05) is 49.4 Å². The van der Waals surface area contributed by atoms with Gasteiger partial charge in [-0.3, -0.25) is 9.59 Å². The molecule has 0 saturated heterocycles. The van der Waals surface area contributed by atoms with Gasteiger partial charge in [0.05, 0.1) is 0 Å². The van der Waals surface area contributed by atoms with E-state index in [2.05, 4.69) is 10.6 Å². The number of anilines is 2. The number of nitrogens with one attached hydrogen (secondary N) is 2. The monoisotopic (exact) mass is 339 g/mol. The number of hydrogen-bond acceptors (Lipinski definition) is 3. The van der Waals surface area contributed by atoms with E-state index in [-0.39, 0.29) is 11.8 Å². The Labute approximate surface area is 148 Å². The lowest BCUT2D eigenvalue weighted by atomic mass is 10.1. The van der Waals surface area contributed by atoms with E-state index >= 15 is 0 Å². The molecule has 2 aromatic carbocycles. The Kier molecular flexibility index (Phi) is 7.16. The Hall–Kier alpha value is -2.66. The van der Waals surface area contributed by atoms with Gasteiger partial charge in [-0.25, -0.2) is 0 Å². The summed E-state index contributed by atoms with van der Waals surface area (Å²) in [5, 5.41) is 5.76. The molecular formula is C20H25N3O2. The molecule has 5 nitrogen and oxygen atoms in total. The van der Waals surface area contributed by atoms with E-state index in [0.29, 0.717) is 43.6 Å². The third kappa shape index (κ3) is 6.39. The van der Waals surface area contributed by atoms with E-state index in [9.17, 15) is 9.59 Å². The Morgan fingerprint density at radius 3 is 2.40 bits per heavy atom. The van der Waals surface area contributed by atoms with Crippen LogP contribution in [0.2, 0.25) is 0 Å². The Morgan fingerprint density at radius 2 is 1.68 bits per heavy atom. The van der Waals surface area contributed by atoms with Crippen molar-refractivity contribution < 1.29 is 9.59 Å². The summed E-state index contributed by atoms with van der Waals surface area (Å²) in [5.74, 6) is -0.116. The molecule has 0 radical (unpaired) electrons. The van der Waals surface area contributed by atoms with Crippen LogP contribution in [0.25, 0.3) is 0 Å². The first kappa shape index (κ1) is 18.7. The second-order valence-corrected chi connectivity index (χ2v) is 6.00. The molecule has 0 aliphatic rings. The molecule has 0 heterocycles. The van der Waals surface area contributed by atoms with E-state index in [4.69, 9.17) is 5.73 Å². The Morgan fingerprint density at radius 1 is 0.960 bits per heavy atom. The molecule has 25 heavy (non-hydrogen) atoms. The zero-order chi connectivity index (χ0) is 18.1. The molecule has 0 fully saturated rings. The molecule has 0 aliphatic carbocycles. The highest BCUT2D eigenvalue weighted by Crippen LogP contribution is 2.21. The molecule has 0 atom stereocenters. The second kappa shape index (κ2) is 9.59. The van der Waals surface area contributed by atoms with Crippen LogP contribution in [0.4, 0.5) is 11.4 Å². The highest BCUT2D eigenvalue weighted by atomic mass is 16.2. The lowest BCUT2D eigenvalue weighted by Crippen LogP contribution is -2.15. The van der Waals surface area contributed by atoms with Crippen molar-refractivity contribution in [1.82, 2.24) is 0 Å². The van der Waals surface area contributed by atoms with Gasteiger partial charge in [0.15, 0.2) is 0 Å². The number of rotatable bonds is 8. The van der Waals surface area contributed by atoms with Crippen LogP contribution < -0.4 is 16.4 Å². The number of carbonyl (C=O) groups is 2. The van der Waals surface area contributed by atoms with Crippen molar-refractivity contribution in [2.45, 2.75) is 32.6 Å². The number of aryl methyl sites for hydroxylation is 2. The van der Waals surface area contributed by atoms with Crippen LogP contribution in [-0.4, -0.2) is 18.4 Å². The summed E-state index contributed by atoms with van der Waals surface area (Å²) in [6.45, 7) is 2.41. The highest BCUT2D eigenvalue weighted by molar-refractivity contribution is 5.94. The van der Waals surface area contributed by atoms with Crippen molar-refractivity contribution in [2.24, 2.45) is 5.73 Å². The summed E-state index contributed by atoms with van der Waals surface area (Å²) in [6.07, 6.45) is 2.15. The van der Waals surface area contributed by atoms with Gasteiger partial charge in [0, 0.05) is 24.2 Å². The minimum absolute atomic E-state index is 0.0480. The number of nitrogens with two attached hydrogens (primary N) is 1. The fourth-order valence-electron chi connectivity index (χ4n) is 2.44. The zero-order valence-electron chi connectivity index (χ0n) is 14.5. The van der Waals surface area contributed by atoms with Gasteiger partial charge in [-0.2, -0.15) is 0 Å². The minimum atomic E-state index is -0.0684. The lowest BCUT2D eigenvalue weighted by Gasteiger charge is -2.11. The van der Waals surface area contributed by atoms with E-state index in [1.54, 1.807) is 6.07 Å². The van der Waals surface area contributed by atoms with Gasteiger partial charge >= 0.3 is 0 Å². The standard InChI is InChI=1S/C20H25N3O2/c1-15-9-11-17(14-18(15)23-19(24)8-5-13-21)22-20(25)12-10-16-6-3-2-4-7-16/h2-4,6-7,9,11,14H,5,8,10,12-13,21H2,1H3,(H,22,25)(H,23,24). The Balaban J connectivity index is 1.92. The first-order chi connectivity index (χ1) is 12.1. The summed E-state index contributed by atoms with van der Waals surface area (Å²) >= 11 is 0. The molecule has 0 spiro atoms. The number of benzene rings is 2. The molecule has 4 N–H and O–H groups in total. The summed E-state index contributed by atoms with van der Waals surface area (Å²) in [7, 11) is 0. The summed E-state index contributed by atoms with van der Waals surface area (Å²) < 4.78 is 0. The predicted octanol–water partition coefficient (Wildman–Crippen LogP) is 3.24. The van der Waals surface area contributed by atoms with Crippen LogP contribution in [0.1, 0.15) is 30.4 Å². The Bertz CT molecular complexity index is 714. The molecule has 0 aliphatic heterocycles. The van der Waals surface area contributed by atoms with E-state index in [0.717, 1.165) is 11.1 Å². The van der Waals surface area contributed by atoms with Gasteiger partial charge in [0.2, 0.25) is 11.8 Å². The molecule has 0 unspecified atom stereocenters. The third-order valence-corrected chi connectivity index (χ3v) is 3.89. The van der Waals surface area contributed by atoms with Crippen LogP contribution in [0.15, 0.2) is 48.5 Å². The fourth-order valence-corrected chi connectivity index (χ4v) is 2.44. The molecule has 0 saturated carbocycles. The van der Waals surface area contributed by atoms with Crippen LogP contribution >= 0.6 is 0 Å². The average molecular weight is 339 g/mol. The first-order valence-corrected chi connectivity index (χ1v) is 8.53. The van der Waals surface area contributed by atoms with Crippen molar-refractivity contribution in [3.05, 3.63) is 59.7 Å². The largest absolute Gasteiger partial charge is 0.330 e. The molecule has 0 aromatic heterocycles. The smallest absolute Gasteiger partial charge is 0.224 e. The molecule has 2 aromatic rings. The number of amides is 2. The van der Waals surface area contributed by atoms with Crippen LogP contribution in [0.3, 0.4) is 0 Å². The average Bonchev–Trinajstić information content (AvgIpc) is 2.62. The van der Waals surface area contributed by atoms with Crippen LogP contribution in [0.5, 0.6) is 0 Å².